The maximum atomic E-state index is 12.9. The molecule has 0 N–H and O–H groups in total. The Labute approximate surface area is 139 Å². The number of para-hydroxylation sites is 1. The van der Waals surface area contributed by atoms with Crippen molar-refractivity contribution in [1.29, 1.82) is 0 Å². The van der Waals surface area contributed by atoms with Crippen LogP contribution in [0.4, 0.5) is 13.2 Å². The van der Waals surface area contributed by atoms with Gasteiger partial charge in [0.25, 0.3) is 0 Å². The monoisotopic (exact) mass is 354 g/mol. The molecule has 0 fully saturated rings. The molecule has 0 saturated heterocycles. The molecule has 0 bridgehead atoms. The molecule has 0 spiro atoms. The van der Waals surface area contributed by atoms with Crippen LogP contribution in [0.15, 0.2) is 51.7 Å². The Morgan fingerprint density at radius 3 is 2.54 bits per heavy atom. The highest BCUT2D eigenvalue weighted by molar-refractivity contribution is 6.34. The first-order chi connectivity index (χ1) is 11.3. The second kappa shape index (κ2) is 5.87. The van der Waals surface area contributed by atoms with Gasteiger partial charge in [-0.2, -0.15) is 13.2 Å². The summed E-state index contributed by atoms with van der Waals surface area (Å²) in [5.74, 6) is -0.255. The van der Waals surface area contributed by atoms with Crippen LogP contribution in [-0.2, 0) is 6.18 Å². The minimum Gasteiger partial charge on any atom is -0.496 e. The van der Waals surface area contributed by atoms with Crippen LogP contribution in [0.3, 0.4) is 0 Å². The smallest absolute Gasteiger partial charge is 0.419 e. The van der Waals surface area contributed by atoms with E-state index in [0.717, 1.165) is 13.2 Å². The molecule has 7 heteroatoms. The zero-order chi connectivity index (χ0) is 17.5. The summed E-state index contributed by atoms with van der Waals surface area (Å²) < 4.78 is 49.2. The highest BCUT2D eigenvalue weighted by Gasteiger charge is 2.34. The van der Waals surface area contributed by atoms with Gasteiger partial charge in [-0.25, -0.2) is 0 Å². The largest absolute Gasteiger partial charge is 0.496 e. The normalized spacial score (nSPS) is 11.7. The topological polar surface area (TPSA) is 39.4 Å². The molecule has 1 heterocycles. The summed E-state index contributed by atoms with van der Waals surface area (Å²) in [5.41, 5.74) is -0.790. The number of benzene rings is 2. The van der Waals surface area contributed by atoms with Crippen LogP contribution < -0.4 is 10.2 Å². The molecule has 1 aromatic heterocycles. The molecule has 2 aromatic carbocycles. The SMILES string of the molecule is COc1cc(-c2cc(=O)c3cccc(Cl)c3o2)ccc1C(F)(F)F. The lowest BCUT2D eigenvalue weighted by molar-refractivity contribution is -0.138. The molecule has 3 rings (SSSR count). The van der Waals surface area contributed by atoms with E-state index >= 15 is 0 Å². The van der Waals surface area contributed by atoms with E-state index in [1.54, 1.807) is 18.2 Å². The third kappa shape index (κ3) is 2.85. The number of rotatable bonds is 2. The maximum Gasteiger partial charge on any atom is 0.419 e. The van der Waals surface area contributed by atoms with Gasteiger partial charge in [0, 0.05) is 11.6 Å². The van der Waals surface area contributed by atoms with Crippen molar-refractivity contribution < 1.29 is 22.3 Å². The van der Waals surface area contributed by atoms with E-state index < -0.39 is 11.7 Å². The number of fused-ring (bicyclic) bond motifs is 1. The zero-order valence-electron chi connectivity index (χ0n) is 12.3. The fourth-order valence-corrected chi connectivity index (χ4v) is 2.58. The van der Waals surface area contributed by atoms with Crippen LogP contribution in [0, 0.1) is 0 Å². The minimum atomic E-state index is -4.54. The second-order valence-corrected chi connectivity index (χ2v) is 5.41. The quantitative estimate of drug-likeness (QED) is 0.639. The maximum absolute atomic E-state index is 12.9. The van der Waals surface area contributed by atoms with Crippen LogP contribution in [0.5, 0.6) is 5.75 Å². The van der Waals surface area contributed by atoms with E-state index in [-0.39, 0.29) is 33.1 Å². The average molecular weight is 355 g/mol. The van der Waals surface area contributed by atoms with E-state index in [9.17, 15) is 18.0 Å². The fourth-order valence-electron chi connectivity index (χ4n) is 2.36. The minimum absolute atomic E-state index is 0.104. The standard InChI is InChI=1S/C17H10ClF3O3/c1-23-15-7-9(5-6-11(15)17(19,20)21)14-8-13(22)10-3-2-4-12(18)16(10)24-14/h2-8H,1H3. The van der Waals surface area contributed by atoms with Crippen LogP contribution in [0.2, 0.25) is 5.02 Å². The first kappa shape index (κ1) is 16.4. The fraction of sp³-hybridized carbons (Fsp3) is 0.118. The van der Waals surface area contributed by atoms with Gasteiger partial charge in [0.05, 0.1) is 23.1 Å². The van der Waals surface area contributed by atoms with Gasteiger partial charge in [-0.1, -0.05) is 23.7 Å². The number of ether oxygens (including phenoxy) is 1. The van der Waals surface area contributed by atoms with Crippen molar-refractivity contribution in [3.63, 3.8) is 0 Å². The van der Waals surface area contributed by atoms with Gasteiger partial charge >= 0.3 is 6.18 Å². The van der Waals surface area contributed by atoms with Crippen LogP contribution in [0.1, 0.15) is 5.56 Å². The molecule has 124 valence electrons. The van der Waals surface area contributed by atoms with Gasteiger partial charge < -0.3 is 9.15 Å². The lowest BCUT2D eigenvalue weighted by Crippen LogP contribution is -2.07. The molecule has 0 aliphatic heterocycles. The van der Waals surface area contributed by atoms with E-state index in [2.05, 4.69) is 0 Å². The Kier molecular flexibility index (Phi) is 4.01. The van der Waals surface area contributed by atoms with Gasteiger partial charge in [0.15, 0.2) is 11.0 Å². The Morgan fingerprint density at radius 1 is 1.12 bits per heavy atom. The predicted octanol–water partition coefficient (Wildman–Crippen LogP) is 5.14. The number of hydrogen-bond donors (Lipinski definition) is 0. The summed E-state index contributed by atoms with van der Waals surface area (Å²) in [6.07, 6.45) is -4.54. The van der Waals surface area contributed by atoms with Crippen molar-refractivity contribution in [2.24, 2.45) is 0 Å². The van der Waals surface area contributed by atoms with Gasteiger partial charge in [-0.05, 0) is 24.3 Å². The highest BCUT2D eigenvalue weighted by atomic mass is 35.5. The molecule has 0 aliphatic rings. The summed E-state index contributed by atoms with van der Waals surface area (Å²) in [4.78, 5) is 12.2. The number of methoxy groups -OCH3 is 1. The van der Waals surface area contributed by atoms with Crippen molar-refractivity contribution in [3.8, 4) is 17.1 Å². The zero-order valence-corrected chi connectivity index (χ0v) is 13.0. The third-order valence-corrected chi connectivity index (χ3v) is 3.80. The van der Waals surface area contributed by atoms with E-state index in [4.69, 9.17) is 20.8 Å². The summed E-state index contributed by atoms with van der Waals surface area (Å²) in [7, 11) is 1.14. The molecular weight excluding hydrogens is 345 g/mol. The molecule has 0 saturated carbocycles. The molecule has 24 heavy (non-hydrogen) atoms. The molecule has 0 atom stereocenters. The van der Waals surface area contributed by atoms with E-state index in [1.807, 2.05) is 0 Å². The van der Waals surface area contributed by atoms with Crippen molar-refractivity contribution in [2.75, 3.05) is 7.11 Å². The Hall–Kier alpha value is -2.47. The van der Waals surface area contributed by atoms with Gasteiger partial charge in [-0.3, -0.25) is 4.79 Å². The van der Waals surface area contributed by atoms with E-state index in [0.29, 0.717) is 5.39 Å². The van der Waals surface area contributed by atoms with Crippen LogP contribution in [0.25, 0.3) is 22.3 Å². The van der Waals surface area contributed by atoms with Crippen LogP contribution >= 0.6 is 11.6 Å². The number of alkyl halides is 3. The molecule has 0 unspecified atom stereocenters. The first-order valence-electron chi connectivity index (χ1n) is 6.79. The van der Waals surface area contributed by atoms with Crippen molar-refractivity contribution >= 4 is 22.6 Å². The third-order valence-electron chi connectivity index (χ3n) is 3.50. The highest BCUT2D eigenvalue weighted by Crippen LogP contribution is 2.38. The van der Waals surface area contributed by atoms with Gasteiger partial charge in [-0.15, -0.1) is 0 Å². The Balaban J connectivity index is 2.21. The summed E-state index contributed by atoms with van der Waals surface area (Å²) in [6.45, 7) is 0. The lowest BCUT2D eigenvalue weighted by Gasteiger charge is -2.13. The second-order valence-electron chi connectivity index (χ2n) is 5.00. The number of halogens is 4. The van der Waals surface area contributed by atoms with Crippen LogP contribution in [-0.4, -0.2) is 7.11 Å². The molecule has 0 aliphatic carbocycles. The van der Waals surface area contributed by atoms with Gasteiger partial charge in [0.2, 0.25) is 0 Å². The summed E-state index contributed by atoms with van der Waals surface area (Å²) in [6, 6.07) is 9.21. The molecule has 0 radical (unpaired) electrons. The van der Waals surface area contributed by atoms with E-state index in [1.165, 1.54) is 18.2 Å². The average Bonchev–Trinajstić information content (AvgIpc) is 2.54. The Morgan fingerprint density at radius 2 is 1.88 bits per heavy atom. The molecular formula is C17H10ClF3O3. The lowest BCUT2D eigenvalue weighted by atomic mass is 10.1. The summed E-state index contributed by atoms with van der Waals surface area (Å²) >= 11 is 6.03. The van der Waals surface area contributed by atoms with Crippen molar-refractivity contribution in [3.05, 3.63) is 63.3 Å². The van der Waals surface area contributed by atoms with Crippen molar-refractivity contribution in [1.82, 2.24) is 0 Å². The number of hydrogen-bond acceptors (Lipinski definition) is 3. The predicted molar refractivity (Wildman–Crippen MR) is 84.5 cm³/mol. The molecule has 3 nitrogen and oxygen atoms in total. The first-order valence-corrected chi connectivity index (χ1v) is 7.17. The summed E-state index contributed by atoms with van der Waals surface area (Å²) in [5, 5.41) is 0.537. The molecule has 3 aromatic rings. The van der Waals surface area contributed by atoms with Crippen molar-refractivity contribution in [2.45, 2.75) is 6.18 Å². The molecule has 0 amide bonds. The Bertz CT molecular complexity index is 977. The van der Waals surface area contributed by atoms with Gasteiger partial charge in [0.1, 0.15) is 11.5 Å².